The Bertz CT molecular complexity index is 431. The molecule has 0 radical (unpaired) electrons. The van der Waals surface area contributed by atoms with E-state index >= 15 is 0 Å². The quantitative estimate of drug-likeness (QED) is 0.921. The van der Waals surface area contributed by atoms with Crippen LogP contribution in [0.4, 0.5) is 0 Å². The van der Waals surface area contributed by atoms with Crippen LogP contribution in [0.1, 0.15) is 63.5 Å². The van der Waals surface area contributed by atoms with Crippen LogP contribution in [-0.2, 0) is 0 Å². The Morgan fingerprint density at radius 3 is 2.86 bits per heavy atom. The maximum Gasteiger partial charge on any atom is 0.0517 e. The fourth-order valence-corrected chi connectivity index (χ4v) is 4.47. The van der Waals surface area contributed by atoms with Crippen molar-refractivity contribution in [3.8, 4) is 0 Å². The van der Waals surface area contributed by atoms with Gasteiger partial charge in [-0.25, -0.2) is 0 Å². The van der Waals surface area contributed by atoms with Gasteiger partial charge in [0.15, 0.2) is 0 Å². The van der Waals surface area contributed by atoms with Gasteiger partial charge in [-0.2, -0.15) is 0 Å². The van der Waals surface area contributed by atoms with Crippen LogP contribution in [0.3, 0.4) is 0 Å². The monoisotopic (exact) mass is 287 g/mol. The van der Waals surface area contributed by atoms with Gasteiger partial charge in [-0.05, 0) is 56.2 Å². The highest BCUT2D eigenvalue weighted by Gasteiger charge is 2.38. The summed E-state index contributed by atoms with van der Waals surface area (Å²) in [5, 5.41) is 0. The van der Waals surface area contributed by atoms with Crippen LogP contribution in [0.15, 0.2) is 24.5 Å². The molecule has 3 rings (SSSR count). The summed E-state index contributed by atoms with van der Waals surface area (Å²) in [7, 11) is 0. The van der Waals surface area contributed by atoms with Gasteiger partial charge in [0, 0.05) is 24.5 Å². The lowest BCUT2D eigenvalue weighted by Crippen LogP contribution is -2.52. The van der Waals surface area contributed by atoms with Crippen LogP contribution in [-0.4, -0.2) is 28.5 Å². The minimum Gasteiger partial charge on any atom is -0.326 e. The summed E-state index contributed by atoms with van der Waals surface area (Å²) in [5.74, 6) is 0.899. The number of hydrogen-bond donors (Lipinski definition) is 1. The first-order chi connectivity index (χ1) is 10.3. The van der Waals surface area contributed by atoms with Gasteiger partial charge in [-0.1, -0.05) is 25.8 Å². The molecule has 0 aromatic carbocycles. The minimum absolute atomic E-state index is 0.204. The van der Waals surface area contributed by atoms with E-state index in [1.165, 1.54) is 50.6 Å². The first kappa shape index (κ1) is 15.0. The zero-order valence-corrected chi connectivity index (χ0v) is 13.2. The molecule has 2 N–H and O–H groups in total. The van der Waals surface area contributed by atoms with Gasteiger partial charge in [0.1, 0.15) is 0 Å². The summed E-state index contributed by atoms with van der Waals surface area (Å²) in [5.41, 5.74) is 7.84. The lowest BCUT2D eigenvalue weighted by molar-refractivity contribution is 0.0153. The molecule has 0 bridgehead atoms. The Balaban J connectivity index is 1.88. The Labute approximate surface area is 128 Å². The van der Waals surface area contributed by atoms with Crippen LogP contribution < -0.4 is 5.73 Å². The SMILES string of the molecule is CCC(N)C(c1cccnc1)N1CCCC2CCCCC21. The van der Waals surface area contributed by atoms with E-state index in [0.717, 1.165) is 18.4 Å². The first-order valence-corrected chi connectivity index (χ1v) is 8.72. The predicted octanol–water partition coefficient (Wildman–Crippen LogP) is 3.51. The molecule has 4 atom stereocenters. The number of hydrogen-bond acceptors (Lipinski definition) is 3. The average Bonchev–Trinajstić information content (AvgIpc) is 2.56. The summed E-state index contributed by atoms with van der Waals surface area (Å²) in [6.45, 7) is 3.41. The highest BCUT2D eigenvalue weighted by molar-refractivity contribution is 5.17. The second-order valence-electron chi connectivity index (χ2n) is 6.80. The smallest absolute Gasteiger partial charge is 0.0517 e. The molecule has 4 unspecified atom stereocenters. The molecule has 0 spiro atoms. The van der Waals surface area contributed by atoms with Gasteiger partial charge in [-0.15, -0.1) is 0 Å². The van der Waals surface area contributed by atoms with Crippen molar-refractivity contribution in [2.24, 2.45) is 11.7 Å². The van der Waals surface area contributed by atoms with Crippen LogP contribution >= 0.6 is 0 Å². The van der Waals surface area contributed by atoms with E-state index in [1.807, 2.05) is 18.5 Å². The van der Waals surface area contributed by atoms with Gasteiger partial charge in [0.05, 0.1) is 6.04 Å². The van der Waals surface area contributed by atoms with Gasteiger partial charge < -0.3 is 5.73 Å². The maximum absolute atomic E-state index is 6.53. The molecule has 21 heavy (non-hydrogen) atoms. The highest BCUT2D eigenvalue weighted by Crippen LogP contribution is 2.40. The second kappa shape index (κ2) is 6.89. The summed E-state index contributed by atoms with van der Waals surface area (Å²) in [6, 6.07) is 5.55. The van der Waals surface area contributed by atoms with E-state index in [2.05, 4.69) is 22.9 Å². The minimum atomic E-state index is 0.204. The highest BCUT2D eigenvalue weighted by atomic mass is 15.2. The molecule has 1 aromatic rings. The molecule has 3 nitrogen and oxygen atoms in total. The van der Waals surface area contributed by atoms with E-state index in [9.17, 15) is 0 Å². The third-order valence-electron chi connectivity index (χ3n) is 5.55. The van der Waals surface area contributed by atoms with Crippen molar-refractivity contribution in [3.63, 3.8) is 0 Å². The third-order valence-corrected chi connectivity index (χ3v) is 5.55. The Kier molecular flexibility index (Phi) is 4.91. The zero-order chi connectivity index (χ0) is 14.7. The van der Waals surface area contributed by atoms with Crippen molar-refractivity contribution in [1.82, 2.24) is 9.88 Å². The van der Waals surface area contributed by atoms with Crippen LogP contribution in [0, 0.1) is 5.92 Å². The number of fused-ring (bicyclic) bond motifs is 1. The number of likely N-dealkylation sites (tertiary alicyclic amines) is 1. The number of nitrogens with two attached hydrogens (primary N) is 1. The van der Waals surface area contributed by atoms with E-state index in [1.54, 1.807) is 0 Å². The maximum atomic E-state index is 6.53. The number of pyridine rings is 1. The normalized spacial score (nSPS) is 29.6. The third kappa shape index (κ3) is 3.14. The molecule has 2 fully saturated rings. The fraction of sp³-hybridized carbons (Fsp3) is 0.722. The molecule has 1 aliphatic carbocycles. The molecule has 1 aliphatic heterocycles. The van der Waals surface area contributed by atoms with Crippen molar-refractivity contribution in [2.45, 2.75) is 70.0 Å². The van der Waals surface area contributed by atoms with E-state index in [4.69, 9.17) is 5.73 Å². The summed E-state index contributed by atoms with van der Waals surface area (Å²) in [6.07, 6.45) is 13.2. The molecular formula is C18H29N3. The largest absolute Gasteiger partial charge is 0.326 e. The second-order valence-corrected chi connectivity index (χ2v) is 6.80. The zero-order valence-electron chi connectivity index (χ0n) is 13.2. The Morgan fingerprint density at radius 1 is 1.29 bits per heavy atom. The molecule has 1 aromatic heterocycles. The molecule has 3 heteroatoms. The standard InChI is InChI=1S/C18H29N3/c1-2-16(19)18(15-8-5-11-20-13-15)21-12-6-9-14-7-3-4-10-17(14)21/h5,8,11,13-14,16-18H,2-4,6-7,9-10,12,19H2,1H3. The lowest BCUT2D eigenvalue weighted by Gasteiger charge is -2.49. The van der Waals surface area contributed by atoms with E-state index in [0.29, 0.717) is 6.04 Å². The molecule has 0 amide bonds. The first-order valence-electron chi connectivity index (χ1n) is 8.72. The fourth-order valence-electron chi connectivity index (χ4n) is 4.47. The van der Waals surface area contributed by atoms with Crippen LogP contribution in [0.25, 0.3) is 0 Å². The Morgan fingerprint density at radius 2 is 2.10 bits per heavy atom. The van der Waals surface area contributed by atoms with Crippen LogP contribution in [0.5, 0.6) is 0 Å². The summed E-state index contributed by atoms with van der Waals surface area (Å²) < 4.78 is 0. The number of nitrogens with zero attached hydrogens (tertiary/aromatic N) is 2. The van der Waals surface area contributed by atoms with Crippen LogP contribution in [0.2, 0.25) is 0 Å². The molecule has 2 aliphatic rings. The van der Waals surface area contributed by atoms with Crippen molar-refractivity contribution >= 4 is 0 Å². The number of aromatic nitrogens is 1. The molecule has 1 saturated heterocycles. The van der Waals surface area contributed by atoms with E-state index in [-0.39, 0.29) is 6.04 Å². The van der Waals surface area contributed by atoms with Gasteiger partial charge in [-0.3, -0.25) is 9.88 Å². The Hall–Kier alpha value is -0.930. The van der Waals surface area contributed by atoms with Crippen molar-refractivity contribution in [1.29, 1.82) is 0 Å². The predicted molar refractivity (Wildman–Crippen MR) is 86.9 cm³/mol. The van der Waals surface area contributed by atoms with Crippen molar-refractivity contribution in [2.75, 3.05) is 6.54 Å². The van der Waals surface area contributed by atoms with Crippen molar-refractivity contribution < 1.29 is 0 Å². The molecule has 116 valence electrons. The van der Waals surface area contributed by atoms with Gasteiger partial charge >= 0.3 is 0 Å². The number of rotatable bonds is 4. The van der Waals surface area contributed by atoms with E-state index < -0.39 is 0 Å². The molecule has 1 saturated carbocycles. The topological polar surface area (TPSA) is 42.1 Å². The molecular weight excluding hydrogens is 258 g/mol. The van der Waals surface area contributed by atoms with Crippen molar-refractivity contribution in [3.05, 3.63) is 30.1 Å². The average molecular weight is 287 g/mol. The summed E-state index contributed by atoms with van der Waals surface area (Å²) >= 11 is 0. The summed E-state index contributed by atoms with van der Waals surface area (Å²) in [4.78, 5) is 7.07. The van der Waals surface area contributed by atoms with Gasteiger partial charge in [0.2, 0.25) is 0 Å². The number of piperidine rings is 1. The lowest BCUT2D eigenvalue weighted by atomic mass is 9.76. The van der Waals surface area contributed by atoms with Gasteiger partial charge in [0.25, 0.3) is 0 Å². The molecule has 2 heterocycles.